The van der Waals surface area contributed by atoms with Crippen molar-refractivity contribution < 1.29 is 14.7 Å². The van der Waals surface area contributed by atoms with Crippen LogP contribution in [0.25, 0.3) is 0 Å². The van der Waals surface area contributed by atoms with E-state index in [1.807, 2.05) is 0 Å². The first-order valence-corrected chi connectivity index (χ1v) is 5.47. The van der Waals surface area contributed by atoms with Crippen molar-refractivity contribution in [2.75, 3.05) is 5.32 Å². The molecule has 0 atom stereocenters. The Morgan fingerprint density at radius 1 is 1.47 bits per heavy atom. The molecular weight excluding hydrogens is 216 g/mol. The molecule has 0 aliphatic heterocycles. The second-order valence-corrected chi connectivity index (χ2v) is 4.44. The predicted molar refractivity (Wildman–Crippen MR) is 55.0 cm³/mol. The van der Waals surface area contributed by atoms with E-state index in [1.54, 1.807) is 0 Å². The smallest absolute Gasteiger partial charge is 0.312 e. The van der Waals surface area contributed by atoms with Crippen LogP contribution in [0.15, 0.2) is 0 Å². The number of carbonyl (C=O) groups excluding carboxylic acids is 1. The lowest BCUT2D eigenvalue weighted by atomic mass is 10.4. The number of aliphatic carboxylic acids is 1. The quantitative estimate of drug-likeness (QED) is 0.755. The van der Waals surface area contributed by atoms with Gasteiger partial charge in [-0.15, -0.1) is 11.3 Å². The summed E-state index contributed by atoms with van der Waals surface area (Å²) >= 11 is 1.44. The van der Waals surface area contributed by atoms with Crippen molar-refractivity contribution in [2.24, 2.45) is 0 Å². The summed E-state index contributed by atoms with van der Waals surface area (Å²) in [5.74, 6) is -1.65. The molecule has 1 amide bonds. The van der Waals surface area contributed by atoms with E-state index >= 15 is 0 Å². The van der Waals surface area contributed by atoms with Gasteiger partial charge in [-0.2, -0.15) is 0 Å². The van der Waals surface area contributed by atoms with Crippen molar-refractivity contribution in [1.29, 1.82) is 0 Å². The maximum Gasteiger partial charge on any atom is 0.312 e. The average molecular weight is 226 g/mol. The van der Waals surface area contributed by atoms with Crippen LogP contribution in [-0.2, 0) is 22.4 Å². The van der Waals surface area contributed by atoms with Crippen molar-refractivity contribution in [1.82, 2.24) is 4.98 Å². The van der Waals surface area contributed by atoms with E-state index in [4.69, 9.17) is 5.11 Å². The number of hydrogen-bond acceptors (Lipinski definition) is 4. The molecule has 0 bridgehead atoms. The summed E-state index contributed by atoms with van der Waals surface area (Å²) < 4.78 is 0. The molecule has 1 aromatic heterocycles. The summed E-state index contributed by atoms with van der Waals surface area (Å²) in [6.07, 6.45) is 2.59. The highest BCUT2D eigenvalue weighted by Gasteiger charge is 2.18. The van der Waals surface area contributed by atoms with Crippen molar-refractivity contribution in [3.63, 3.8) is 0 Å². The van der Waals surface area contributed by atoms with Crippen LogP contribution in [0.5, 0.6) is 0 Å². The van der Waals surface area contributed by atoms with Crippen LogP contribution in [0.1, 0.15) is 23.4 Å². The Kier molecular flexibility index (Phi) is 2.68. The number of carboxylic acid groups (broad SMARTS) is 1. The van der Waals surface area contributed by atoms with E-state index in [-0.39, 0.29) is 0 Å². The number of fused-ring (bicyclic) bond motifs is 1. The summed E-state index contributed by atoms with van der Waals surface area (Å²) in [4.78, 5) is 26.8. The van der Waals surface area contributed by atoms with Crippen LogP contribution in [-0.4, -0.2) is 22.0 Å². The van der Waals surface area contributed by atoms with Gasteiger partial charge < -0.3 is 10.4 Å². The second kappa shape index (κ2) is 3.98. The normalized spacial score (nSPS) is 13.6. The summed E-state index contributed by atoms with van der Waals surface area (Å²) in [6, 6.07) is 0. The minimum absolute atomic E-state index is 0.510. The van der Waals surface area contributed by atoms with E-state index in [1.165, 1.54) is 16.2 Å². The van der Waals surface area contributed by atoms with Crippen LogP contribution in [0.2, 0.25) is 0 Å². The fourth-order valence-electron chi connectivity index (χ4n) is 1.54. The second-order valence-electron chi connectivity index (χ2n) is 3.36. The summed E-state index contributed by atoms with van der Waals surface area (Å²) in [7, 11) is 0. The Morgan fingerprint density at radius 3 is 2.93 bits per heavy atom. The molecule has 0 saturated heterocycles. The minimum atomic E-state index is -1.13. The molecule has 1 aromatic rings. The maximum absolute atomic E-state index is 11.1. The van der Waals surface area contributed by atoms with Gasteiger partial charge in [-0.05, 0) is 19.3 Å². The third-order valence-corrected chi connectivity index (χ3v) is 3.23. The zero-order chi connectivity index (χ0) is 10.8. The van der Waals surface area contributed by atoms with E-state index < -0.39 is 18.3 Å². The number of nitrogens with zero attached hydrogens (tertiary/aromatic N) is 1. The van der Waals surface area contributed by atoms with Crippen LogP contribution < -0.4 is 5.32 Å². The van der Waals surface area contributed by atoms with Gasteiger partial charge in [0.2, 0.25) is 5.91 Å². The number of hydrogen-bond donors (Lipinski definition) is 2. The van der Waals surface area contributed by atoms with Crippen molar-refractivity contribution >= 4 is 28.3 Å². The van der Waals surface area contributed by atoms with E-state index in [2.05, 4.69) is 10.3 Å². The fourth-order valence-corrected chi connectivity index (χ4v) is 2.61. The lowest BCUT2D eigenvalue weighted by Gasteiger charge is -1.97. The number of thiazole rings is 1. The topological polar surface area (TPSA) is 79.3 Å². The molecule has 0 unspecified atom stereocenters. The molecule has 0 aromatic carbocycles. The first kappa shape index (κ1) is 10.1. The highest BCUT2D eigenvalue weighted by Crippen LogP contribution is 2.30. The zero-order valence-electron chi connectivity index (χ0n) is 7.95. The van der Waals surface area contributed by atoms with Gasteiger partial charge in [0.05, 0.1) is 5.69 Å². The zero-order valence-corrected chi connectivity index (χ0v) is 8.76. The Bertz CT molecular complexity index is 392. The largest absolute Gasteiger partial charge is 0.481 e. The average Bonchev–Trinajstić information content (AvgIpc) is 2.60. The molecule has 0 spiro atoms. The van der Waals surface area contributed by atoms with Crippen LogP contribution in [0.3, 0.4) is 0 Å². The summed E-state index contributed by atoms with van der Waals surface area (Å²) in [6.45, 7) is 0. The molecule has 80 valence electrons. The molecule has 1 aliphatic carbocycles. The third kappa shape index (κ3) is 2.33. The standard InChI is InChI=1S/C9H10N2O3S/c12-7(4-8(13)14)11-9-10-5-2-1-3-6(5)15-9/h1-4H2,(H,13,14)(H,10,11,12). The Morgan fingerprint density at radius 2 is 2.27 bits per heavy atom. The first-order valence-electron chi connectivity index (χ1n) is 4.65. The number of rotatable bonds is 3. The fraction of sp³-hybridized carbons (Fsp3) is 0.444. The number of anilines is 1. The summed E-state index contributed by atoms with van der Waals surface area (Å²) in [5.41, 5.74) is 1.05. The van der Waals surface area contributed by atoms with E-state index in [0.29, 0.717) is 5.13 Å². The van der Waals surface area contributed by atoms with Crippen molar-refractivity contribution in [3.05, 3.63) is 10.6 Å². The van der Waals surface area contributed by atoms with Gasteiger partial charge in [-0.3, -0.25) is 9.59 Å². The Hall–Kier alpha value is -1.43. The molecule has 0 radical (unpaired) electrons. The molecule has 1 heterocycles. The first-order chi connectivity index (χ1) is 7.15. The molecule has 2 N–H and O–H groups in total. The van der Waals surface area contributed by atoms with Gasteiger partial charge in [-0.1, -0.05) is 0 Å². The molecule has 2 rings (SSSR count). The van der Waals surface area contributed by atoms with Crippen molar-refractivity contribution in [2.45, 2.75) is 25.7 Å². The Balaban J connectivity index is 1.99. The van der Waals surface area contributed by atoms with Crippen LogP contribution in [0.4, 0.5) is 5.13 Å². The van der Waals surface area contributed by atoms with Crippen molar-refractivity contribution in [3.8, 4) is 0 Å². The molecule has 5 nitrogen and oxygen atoms in total. The third-order valence-electron chi connectivity index (χ3n) is 2.15. The minimum Gasteiger partial charge on any atom is -0.481 e. The highest BCUT2D eigenvalue weighted by molar-refractivity contribution is 7.15. The van der Waals surface area contributed by atoms with Gasteiger partial charge in [0.25, 0.3) is 0 Å². The number of carbonyl (C=O) groups is 2. The van der Waals surface area contributed by atoms with Gasteiger partial charge >= 0.3 is 5.97 Å². The maximum atomic E-state index is 11.1. The molecule has 15 heavy (non-hydrogen) atoms. The SMILES string of the molecule is O=C(O)CC(=O)Nc1nc2c(s1)CCC2. The molecule has 0 fully saturated rings. The van der Waals surface area contributed by atoms with E-state index in [0.717, 1.165) is 25.0 Å². The van der Waals surface area contributed by atoms with Gasteiger partial charge in [0.15, 0.2) is 5.13 Å². The molecule has 0 saturated carbocycles. The summed E-state index contributed by atoms with van der Waals surface area (Å²) in [5, 5.41) is 11.4. The number of nitrogens with one attached hydrogen (secondary N) is 1. The molecular formula is C9H10N2O3S. The number of amides is 1. The lowest BCUT2D eigenvalue weighted by molar-refractivity contribution is -0.139. The lowest BCUT2D eigenvalue weighted by Crippen LogP contribution is -2.15. The highest BCUT2D eigenvalue weighted by atomic mass is 32.1. The van der Waals surface area contributed by atoms with Crippen LogP contribution >= 0.6 is 11.3 Å². The van der Waals surface area contributed by atoms with E-state index in [9.17, 15) is 9.59 Å². The number of carboxylic acids is 1. The number of aryl methyl sites for hydroxylation is 2. The Labute approximate surface area is 90.1 Å². The van der Waals surface area contributed by atoms with Gasteiger partial charge in [0.1, 0.15) is 6.42 Å². The van der Waals surface area contributed by atoms with Crippen LogP contribution in [0, 0.1) is 0 Å². The molecule has 6 heteroatoms. The molecule has 1 aliphatic rings. The monoisotopic (exact) mass is 226 g/mol. The van der Waals surface area contributed by atoms with Gasteiger partial charge in [-0.25, -0.2) is 4.98 Å². The number of aromatic nitrogens is 1. The predicted octanol–water partition coefficient (Wildman–Crippen LogP) is 1.05. The van der Waals surface area contributed by atoms with Gasteiger partial charge in [0, 0.05) is 4.88 Å².